The van der Waals surface area contributed by atoms with Crippen molar-refractivity contribution in [1.82, 2.24) is 0 Å². The minimum atomic E-state index is -1.87. The average molecular weight is 107 g/mol. The molecule has 6 heteroatoms. The van der Waals surface area contributed by atoms with Crippen molar-refractivity contribution in [2.45, 2.75) is 0 Å². The van der Waals surface area contributed by atoms with Crippen molar-refractivity contribution in [2.24, 2.45) is 0 Å². The molecule has 0 unspecified atom stereocenters. The third-order valence-corrected chi connectivity index (χ3v) is 0.227. The predicted molar refractivity (Wildman–Crippen MR) is 16.1 cm³/mol. The molecular weight excluding hydrogens is 106 g/mol. The Labute approximate surface area is 37.4 Å². The first-order valence-corrected chi connectivity index (χ1v) is 1.18. The van der Waals surface area contributed by atoms with E-state index >= 15 is 0 Å². The molecule has 0 rings (SSSR count). The molecule has 0 fully saturated rings. The van der Waals surface area contributed by atoms with Gasteiger partial charge in [0.25, 0.3) is 0 Å². The standard InChI is InChI=1S/CHNO5/c3-1(7-6)2(4)5/h6H. The van der Waals surface area contributed by atoms with E-state index in [1.54, 1.807) is 0 Å². The van der Waals surface area contributed by atoms with Crippen molar-refractivity contribution in [1.29, 1.82) is 0 Å². The van der Waals surface area contributed by atoms with Gasteiger partial charge in [0.15, 0.2) is 0 Å². The van der Waals surface area contributed by atoms with Crippen LogP contribution in [0.2, 0.25) is 0 Å². The third kappa shape index (κ3) is 1.66. The fourth-order valence-corrected chi connectivity index (χ4v) is 0.0333. The minimum absolute atomic E-state index is 1.39. The van der Waals surface area contributed by atoms with Gasteiger partial charge in [-0.05, 0) is 0 Å². The Balaban J connectivity index is 3.58. The van der Waals surface area contributed by atoms with Crippen LogP contribution in [-0.4, -0.2) is 16.3 Å². The highest BCUT2D eigenvalue weighted by molar-refractivity contribution is 5.56. The molecule has 1 amide bonds. The lowest BCUT2D eigenvalue weighted by Crippen LogP contribution is -2.10. The van der Waals surface area contributed by atoms with Gasteiger partial charge in [0.05, 0.1) is 0 Å². The molecule has 0 bridgehead atoms. The van der Waals surface area contributed by atoms with Crippen LogP contribution in [0.3, 0.4) is 0 Å². The molecule has 0 aliphatic rings. The van der Waals surface area contributed by atoms with Crippen molar-refractivity contribution in [3.8, 4) is 0 Å². The zero-order valence-electron chi connectivity index (χ0n) is 3.03. The van der Waals surface area contributed by atoms with Crippen molar-refractivity contribution >= 4 is 6.09 Å². The summed E-state index contributed by atoms with van der Waals surface area (Å²) in [5, 5.41) is 16.3. The van der Waals surface area contributed by atoms with Crippen LogP contribution in [0.4, 0.5) is 4.79 Å². The molecule has 0 atom stereocenters. The van der Waals surface area contributed by atoms with Crippen LogP contribution < -0.4 is 0 Å². The topological polar surface area (TPSA) is 89.7 Å². The Morgan fingerprint density at radius 2 is 2.29 bits per heavy atom. The highest BCUT2D eigenvalue weighted by Gasteiger charge is 2.15. The molecule has 0 heterocycles. The van der Waals surface area contributed by atoms with E-state index in [-0.39, 0.29) is 0 Å². The fourth-order valence-electron chi connectivity index (χ4n) is 0.0333. The molecule has 0 aliphatic carbocycles. The summed E-state index contributed by atoms with van der Waals surface area (Å²) in [5.74, 6) is 0. The maximum atomic E-state index is 9.34. The fraction of sp³-hybridized carbons (Fsp3) is 0. The van der Waals surface area contributed by atoms with Crippen LogP contribution in [0.15, 0.2) is 0 Å². The molecule has 40 valence electrons. The molecule has 0 aromatic heterocycles. The van der Waals surface area contributed by atoms with Gasteiger partial charge in [0.2, 0.25) is 0 Å². The van der Waals surface area contributed by atoms with Gasteiger partial charge >= 0.3 is 6.09 Å². The van der Waals surface area contributed by atoms with Crippen LogP contribution >= 0.6 is 0 Å². The number of amides is 1. The lowest BCUT2D eigenvalue weighted by Gasteiger charge is -1.78. The maximum absolute atomic E-state index is 9.34. The highest BCUT2D eigenvalue weighted by atomic mass is 17.1. The number of hydrogen-bond acceptors (Lipinski definition) is 5. The third-order valence-electron chi connectivity index (χ3n) is 0.227. The molecule has 0 saturated carbocycles. The smallest absolute Gasteiger partial charge is 0.253 e. The second-order valence-corrected chi connectivity index (χ2v) is 0.614. The van der Waals surface area contributed by atoms with E-state index in [2.05, 4.69) is 4.89 Å². The average Bonchev–Trinajstić information content (AvgIpc) is 1.65. The van der Waals surface area contributed by atoms with E-state index in [0.717, 1.165) is 0 Å². The first-order valence-electron chi connectivity index (χ1n) is 1.18. The Morgan fingerprint density at radius 3 is 2.29 bits per heavy atom. The summed E-state index contributed by atoms with van der Waals surface area (Å²) < 4.78 is 0. The lowest BCUT2D eigenvalue weighted by molar-refractivity contribution is -0.427. The first kappa shape index (κ1) is 5.83. The number of hydrogen-bond donors (Lipinski definition) is 1. The SMILES string of the molecule is O=C(OO)[N+](=O)[O-]. The molecule has 0 radical (unpaired) electrons. The van der Waals surface area contributed by atoms with E-state index in [9.17, 15) is 4.79 Å². The molecule has 0 aromatic rings. The van der Waals surface area contributed by atoms with Crippen LogP contribution in [-0.2, 0) is 4.89 Å². The maximum Gasteiger partial charge on any atom is 0.688 e. The van der Waals surface area contributed by atoms with Gasteiger partial charge in [-0.25, -0.2) is 4.89 Å². The van der Waals surface area contributed by atoms with Crippen LogP contribution in [0, 0.1) is 10.1 Å². The van der Waals surface area contributed by atoms with Crippen LogP contribution in [0.25, 0.3) is 0 Å². The summed E-state index contributed by atoms with van der Waals surface area (Å²) in [4.78, 5) is 19.7. The second-order valence-electron chi connectivity index (χ2n) is 0.614. The zero-order chi connectivity index (χ0) is 5.86. The normalized spacial score (nSPS) is 7.57. The lowest BCUT2D eigenvalue weighted by atomic mass is 11.3. The van der Waals surface area contributed by atoms with Crippen molar-refractivity contribution in [3.63, 3.8) is 0 Å². The summed E-state index contributed by atoms with van der Waals surface area (Å²) in [6, 6.07) is 0. The van der Waals surface area contributed by atoms with E-state index in [1.165, 1.54) is 0 Å². The molecule has 7 heavy (non-hydrogen) atoms. The van der Waals surface area contributed by atoms with Gasteiger partial charge in [0, 0.05) is 0 Å². The monoisotopic (exact) mass is 107 g/mol. The summed E-state index contributed by atoms with van der Waals surface area (Å²) in [5.41, 5.74) is 0. The van der Waals surface area contributed by atoms with E-state index < -0.39 is 11.0 Å². The summed E-state index contributed by atoms with van der Waals surface area (Å²) in [7, 11) is 0. The molecular formula is CHNO5. The van der Waals surface area contributed by atoms with Crippen LogP contribution in [0.1, 0.15) is 0 Å². The minimum Gasteiger partial charge on any atom is -0.253 e. The van der Waals surface area contributed by atoms with Gasteiger partial charge in [-0.3, -0.25) is 10.1 Å². The number of carbonyl (C=O) groups excluding carboxylic acids is 1. The Bertz CT molecular complexity index is 96.3. The largest absolute Gasteiger partial charge is 0.688 e. The Kier molecular flexibility index (Phi) is 1.74. The molecule has 0 aliphatic heterocycles. The number of rotatable bonds is 0. The van der Waals surface area contributed by atoms with Crippen molar-refractivity contribution < 1.29 is 19.9 Å². The molecule has 6 nitrogen and oxygen atoms in total. The second kappa shape index (κ2) is 2.08. The Morgan fingerprint density at radius 1 is 1.86 bits per heavy atom. The number of nitrogens with zero attached hydrogens (tertiary/aromatic N) is 1. The molecule has 0 aromatic carbocycles. The van der Waals surface area contributed by atoms with E-state index in [4.69, 9.17) is 15.4 Å². The van der Waals surface area contributed by atoms with Gasteiger partial charge in [-0.15, -0.1) is 0 Å². The summed E-state index contributed by atoms with van der Waals surface area (Å²) in [6.45, 7) is 0. The highest BCUT2D eigenvalue weighted by Crippen LogP contribution is 1.73. The first-order chi connectivity index (χ1) is 3.18. The van der Waals surface area contributed by atoms with Crippen LogP contribution in [0.5, 0.6) is 0 Å². The predicted octanol–water partition coefficient (Wildman–Crippen LogP) is -0.127. The van der Waals surface area contributed by atoms with E-state index in [0.29, 0.717) is 0 Å². The zero-order valence-corrected chi connectivity index (χ0v) is 3.03. The van der Waals surface area contributed by atoms with Gasteiger partial charge in [0.1, 0.15) is 4.92 Å². The van der Waals surface area contributed by atoms with E-state index in [1.807, 2.05) is 0 Å². The molecule has 0 spiro atoms. The molecule has 1 N–H and O–H groups in total. The summed E-state index contributed by atoms with van der Waals surface area (Å²) >= 11 is 0. The molecule has 0 saturated heterocycles. The van der Waals surface area contributed by atoms with Crippen molar-refractivity contribution in [2.75, 3.05) is 0 Å². The number of nitro groups is 1. The summed E-state index contributed by atoms with van der Waals surface area (Å²) in [6.07, 6.45) is -1.87. The van der Waals surface area contributed by atoms with Gasteiger partial charge in [-0.2, -0.15) is 10.1 Å². The van der Waals surface area contributed by atoms with Crippen molar-refractivity contribution in [3.05, 3.63) is 10.1 Å². The van der Waals surface area contributed by atoms with Gasteiger partial charge < -0.3 is 0 Å². The number of carbonyl (C=O) groups is 1. The quantitative estimate of drug-likeness (QED) is 0.264. The Hall–Kier alpha value is -1.17. The van der Waals surface area contributed by atoms with Gasteiger partial charge in [-0.1, -0.05) is 0 Å².